The van der Waals surface area contributed by atoms with Gasteiger partial charge < -0.3 is 15.4 Å². The van der Waals surface area contributed by atoms with Gasteiger partial charge in [0.05, 0.1) is 6.04 Å². The highest BCUT2D eigenvalue weighted by Gasteiger charge is 2.34. The van der Waals surface area contributed by atoms with Gasteiger partial charge in [0.25, 0.3) is 5.91 Å². The van der Waals surface area contributed by atoms with Crippen LogP contribution >= 0.6 is 0 Å². The van der Waals surface area contributed by atoms with Gasteiger partial charge in [-0.2, -0.15) is 0 Å². The van der Waals surface area contributed by atoms with Crippen LogP contribution in [0.15, 0.2) is 48.5 Å². The molecule has 0 bridgehead atoms. The van der Waals surface area contributed by atoms with Gasteiger partial charge in [-0.05, 0) is 54.8 Å². The lowest BCUT2D eigenvalue weighted by molar-refractivity contribution is -0.131. The Bertz CT molecular complexity index is 843. The first kappa shape index (κ1) is 18.8. The van der Waals surface area contributed by atoms with E-state index in [1.54, 1.807) is 41.3 Å². The van der Waals surface area contributed by atoms with Crippen LogP contribution in [0, 0.1) is 0 Å². The van der Waals surface area contributed by atoms with Gasteiger partial charge in [-0.3, -0.25) is 14.4 Å². The summed E-state index contributed by atoms with van der Waals surface area (Å²) >= 11 is 0. The van der Waals surface area contributed by atoms with Crippen molar-refractivity contribution in [1.82, 2.24) is 4.90 Å². The van der Waals surface area contributed by atoms with E-state index in [0.29, 0.717) is 36.4 Å². The average molecular weight is 366 g/mol. The smallest absolute Gasteiger partial charge is 0.308 e. The highest BCUT2D eigenvalue weighted by molar-refractivity contribution is 6.04. The summed E-state index contributed by atoms with van der Waals surface area (Å²) in [6.07, 6.45) is 1.42. The monoisotopic (exact) mass is 366 g/mol. The average Bonchev–Trinajstić information content (AvgIpc) is 3.17. The molecular weight excluding hydrogens is 344 g/mol. The molecule has 0 spiro atoms. The molecule has 1 fully saturated rings. The van der Waals surface area contributed by atoms with Gasteiger partial charge in [-0.1, -0.05) is 12.1 Å². The first-order chi connectivity index (χ1) is 13.0. The van der Waals surface area contributed by atoms with Gasteiger partial charge in [-0.15, -0.1) is 0 Å². The van der Waals surface area contributed by atoms with Crippen molar-refractivity contribution in [2.24, 2.45) is 5.73 Å². The Morgan fingerprint density at radius 3 is 2.26 bits per heavy atom. The van der Waals surface area contributed by atoms with Gasteiger partial charge >= 0.3 is 5.97 Å². The lowest BCUT2D eigenvalue weighted by atomic mass is 10.0. The molecule has 0 radical (unpaired) electrons. The van der Waals surface area contributed by atoms with E-state index < -0.39 is 12.0 Å². The Labute approximate surface area is 157 Å². The summed E-state index contributed by atoms with van der Waals surface area (Å²) in [6.45, 7) is 2.29. The third kappa shape index (κ3) is 4.23. The largest absolute Gasteiger partial charge is 0.427 e. The van der Waals surface area contributed by atoms with Gasteiger partial charge in [0, 0.05) is 31.1 Å². The molecule has 1 heterocycles. The van der Waals surface area contributed by atoms with Gasteiger partial charge in [0.2, 0.25) is 0 Å². The molecule has 1 amide bonds. The molecule has 1 aliphatic rings. The van der Waals surface area contributed by atoms with Gasteiger partial charge in [0.1, 0.15) is 5.75 Å². The number of amides is 1. The summed E-state index contributed by atoms with van der Waals surface area (Å²) in [5.41, 5.74) is 7.59. The molecule has 2 N–H and O–H groups in total. The number of benzene rings is 2. The number of nitrogens with zero attached hydrogens (tertiary/aromatic N) is 1. The normalized spacial score (nSPS) is 16.2. The number of nitrogens with two attached hydrogens (primary N) is 1. The fourth-order valence-electron chi connectivity index (χ4n) is 3.28. The third-order valence-corrected chi connectivity index (χ3v) is 4.65. The molecule has 0 aliphatic carbocycles. The number of carbonyl (C=O) groups excluding carboxylic acids is 3. The van der Waals surface area contributed by atoms with Crippen LogP contribution in [-0.4, -0.2) is 35.1 Å². The quantitative estimate of drug-likeness (QED) is 0.499. The zero-order valence-corrected chi connectivity index (χ0v) is 15.2. The highest BCUT2D eigenvalue weighted by Crippen LogP contribution is 2.24. The van der Waals surface area contributed by atoms with Crippen molar-refractivity contribution in [3.8, 4) is 5.75 Å². The van der Waals surface area contributed by atoms with E-state index in [4.69, 9.17) is 10.5 Å². The van der Waals surface area contributed by atoms with E-state index in [2.05, 4.69) is 0 Å². The summed E-state index contributed by atoms with van der Waals surface area (Å²) in [6, 6.07) is 13.1. The Morgan fingerprint density at radius 1 is 1.04 bits per heavy atom. The Hall–Kier alpha value is -2.99. The minimum atomic E-state index is -0.480. The topological polar surface area (TPSA) is 89.7 Å². The van der Waals surface area contributed by atoms with Crippen molar-refractivity contribution in [2.75, 3.05) is 6.54 Å². The van der Waals surface area contributed by atoms with Crippen LogP contribution in [0.5, 0.6) is 5.75 Å². The van der Waals surface area contributed by atoms with Crippen molar-refractivity contribution < 1.29 is 19.1 Å². The zero-order valence-electron chi connectivity index (χ0n) is 15.2. The SMILES string of the molecule is CC(=O)Oc1ccc(C(=O)C2CCCN2C(=O)c2ccc(CN)cc2)cc1. The number of rotatable bonds is 5. The minimum absolute atomic E-state index is 0.103. The molecule has 1 unspecified atom stereocenters. The van der Waals surface area contributed by atoms with Crippen molar-refractivity contribution in [2.45, 2.75) is 32.4 Å². The maximum absolute atomic E-state index is 12.9. The van der Waals surface area contributed by atoms with E-state index in [-0.39, 0.29) is 11.7 Å². The zero-order chi connectivity index (χ0) is 19.4. The Kier molecular flexibility index (Phi) is 5.66. The van der Waals surface area contributed by atoms with Crippen LogP contribution in [0.1, 0.15) is 46.0 Å². The molecule has 27 heavy (non-hydrogen) atoms. The van der Waals surface area contributed by atoms with Crippen molar-refractivity contribution in [3.63, 3.8) is 0 Å². The molecule has 0 aromatic heterocycles. The van der Waals surface area contributed by atoms with Crippen LogP contribution in [-0.2, 0) is 11.3 Å². The lowest BCUT2D eigenvalue weighted by Gasteiger charge is -2.24. The molecule has 2 aromatic carbocycles. The van der Waals surface area contributed by atoms with Crippen LogP contribution in [0.25, 0.3) is 0 Å². The first-order valence-corrected chi connectivity index (χ1v) is 8.92. The summed E-state index contributed by atoms with van der Waals surface area (Å²) in [7, 11) is 0. The molecule has 140 valence electrons. The second-order valence-electron chi connectivity index (χ2n) is 6.54. The first-order valence-electron chi connectivity index (χ1n) is 8.92. The maximum Gasteiger partial charge on any atom is 0.308 e. The number of Topliss-reactive ketones (excluding diaryl/α,β-unsaturated/α-hetero) is 1. The van der Waals surface area contributed by atoms with E-state index in [0.717, 1.165) is 12.0 Å². The van der Waals surface area contributed by atoms with Gasteiger partial charge in [0.15, 0.2) is 5.78 Å². The van der Waals surface area contributed by atoms with Crippen molar-refractivity contribution >= 4 is 17.7 Å². The third-order valence-electron chi connectivity index (χ3n) is 4.65. The van der Waals surface area contributed by atoms with Crippen molar-refractivity contribution in [3.05, 3.63) is 65.2 Å². The molecule has 1 saturated heterocycles. The Balaban J connectivity index is 1.75. The number of carbonyl (C=O) groups is 3. The number of ketones is 1. The fraction of sp³-hybridized carbons (Fsp3) is 0.286. The number of likely N-dealkylation sites (tertiary alicyclic amines) is 1. The number of hydrogen-bond acceptors (Lipinski definition) is 5. The van der Waals surface area contributed by atoms with Crippen molar-refractivity contribution in [1.29, 1.82) is 0 Å². The predicted octanol–water partition coefficient (Wildman–Crippen LogP) is 2.56. The molecule has 1 atom stereocenters. The summed E-state index contributed by atoms with van der Waals surface area (Å²) in [5, 5.41) is 0. The number of hydrogen-bond donors (Lipinski definition) is 1. The van der Waals surface area contributed by atoms with Crippen LogP contribution in [0.3, 0.4) is 0 Å². The molecular formula is C21H22N2O4. The minimum Gasteiger partial charge on any atom is -0.427 e. The molecule has 6 nitrogen and oxygen atoms in total. The molecule has 2 aromatic rings. The second-order valence-corrected chi connectivity index (χ2v) is 6.54. The lowest BCUT2D eigenvalue weighted by Crippen LogP contribution is -2.40. The summed E-state index contributed by atoms with van der Waals surface area (Å²) in [5.74, 6) is -0.277. The standard InChI is InChI=1S/C21H22N2O4/c1-14(24)27-18-10-8-16(9-11-18)20(25)19-3-2-12-23(19)21(26)17-6-4-15(13-22)5-7-17/h4-11,19H,2-3,12-13,22H2,1H3. The van der Waals surface area contributed by atoms with E-state index >= 15 is 0 Å². The predicted molar refractivity (Wildman–Crippen MR) is 100 cm³/mol. The fourth-order valence-corrected chi connectivity index (χ4v) is 3.28. The summed E-state index contributed by atoms with van der Waals surface area (Å²) < 4.78 is 4.99. The van der Waals surface area contributed by atoms with Crippen LogP contribution < -0.4 is 10.5 Å². The number of ether oxygens (including phenoxy) is 1. The molecule has 3 rings (SSSR count). The van der Waals surface area contributed by atoms with E-state index in [1.807, 2.05) is 12.1 Å². The molecule has 0 saturated carbocycles. The van der Waals surface area contributed by atoms with Gasteiger partial charge in [-0.25, -0.2) is 0 Å². The summed E-state index contributed by atoms with van der Waals surface area (Å²) in [4.78, 5) is 38.4. The Morgan fingerprint density at radius 2 is 1.67 bits per heavy atom. The van der Waals surface area contributed by atoms with Crippen LogP contribution in [0.4, 0.5) is 0 Å². The van der Waals surface area contributed by atoms with E-state index in [9.17, 15) is 14.4 Å². The molecule has 1 aliphatic heterocycles. The highest BCUT2D eigenvalue weighted by atomic mass is 16.5. The number of esters is 1. The molecule has 6 heteroatoms. The van der Waals surface area contributed by atoms with E-state index in [1.165, 1.54) is 6.92 Å². The second kappa shape index (κ2) is 8.14. The van der Waals surface area contributed by atoms with Crippen LogP contribution in [0.2, 0.25) is 0 Å². The maximum atomic E-state index is 12.9.